The van der Waals surface area contributed by atoms with Crippen molar-refractivity contribution in [3.8, 4) is 12.3 Å². The fraction of sp³-hybridized carbons (Fsp3) is 0.409. The summed E-state index contributed by atoms with van der Waals surface area (Å²) in [6.07, 6.45) is 13.5. The largest absolute Gasteiger partial charge is 0.380 e. The molecule has 3 aromatic heterocycles. The van der Waals surface area contributed by atoms with Crippen molar-refractivity contribution in [2.45, 2.75) is 32.7 Å². The van der Waals surface area contributed by atoms with E-state index in [0.29, 0.717) is 26.2 Å². The minimum atomic E-state index is 0.616. The van der Waals surface area contributed by atoms with Gasteiger partial charge in [-0.1, -0.05) is 6.92 Å². The SMILES string of the molecule is C#CCCOCCCN(C)c1cc(NCc2ccc[nH+]c2)n2ncc(CC)c2n1. The van der Waals surface area contributed by atoms with Gasteiger partial charge < -0.3 is 15.0 Å². The summed E-state index contributed by atoms with van der Waals surface area (Å²) in [6.45, 7) is 4.98. The third-order valence-corrected chi connectivity index (χ3v) is 4.72. The highest BCUT2D eigenvalue weighted by Gasteiger charge is 2.13. The summed E-state index contributed by atoms with van der Waals surface area (Å²) in [6, 6.07) is 6.12. The molecule has 0 radical (unpaired) electrons. The molecule has 29 heavy (non-hydrogen) atoms. The Kier molecular flexibility index (Phi) is 7.42. The number of anilines is 2. The van der Waals surface area contributed by atoms with Gasteiger partial charge in [-0.25, -0.2) is 9.97 Å². The number of nitrogens with one attached hydrogen (secondary N) is 2. The van der Waals surface area contributed by atoms with Gasteiger partial charge >= 0.3 is 0 Å². The third-order valence-electron chi connectivity index (χ3n) is 4.72. The zero-order valence-corrected chi connectivity index (χ0v) is 17.2. The van der Waals surface area contributed by atoms with Gasteiger partial charge in [0, 0.05) is 56.4 Å². The monoisotopic (exact) mass is 393 g/mol. The van der Waals surface area contributed by atoms with Crippen LogP contribution in [-0.4, -0.2) is 41.4 Å². The van der Waals surface area contributed by atoms with Gasteiger partial charge in [0.2, 0.25) is 0 Å². The van der Waals surface area contributed by atoms with Gasteiger partial charge in [0.05, 0.1) is 12.8 Å². The molecule has 152 valence electrons. The molecule has 0 saturated carbocycles. The van der Waals surface area contributed by atoms with Crippen LogP contribution in [0.25, 0.3) is 5.65 Å². The first-order chi connectivity index (χ1) is 14.2. The second-order valence-electron chi connectivity index (χ2n) is 6.87. The predicted octanol–water partition coefficient (Wildman–Crippen LogP) is 2.58. The van der Waals surface area contributed by atoms with Crippen molar-refractivity contribution < 1.29 is 9.72 Å². The van der Waals surface area contributed by atoms with Crippen LogP contribution in [0.5, 0.6) is 0 Å². The lowest BCUT2D eigenvalue weighted by Crippen LogP contribution is -2.22. The molecule has 0 bridgehead atoms. The quantitative estimate of drug-likeness (QED) is 0.401. The van der Waals surface area contributed by atoms with Gasteiger partial charge in [-0.3, -0.25) is 0 Å². The topological polar surface area (TPSA) is 68.8 Å². The number of aryl methyl sites for hydroxylation is 1. The standard InChI is InChI=1S/C22H28N6O/c1-4-6-12-29-13-8-11-27(3)21-14-20(24-16-18-9-7-10-23-15-18)28-22(26-21)19(5-2)17-25-28/h1,7,9-10,14-15,17,24H,5-6,8,11-13,16H2,2-3H3/p+1. The molecule has 0 atom stereocenters. The lowest BCUT2D eigenvalue weighted by atomic mass is 10.2. The number of rotatable bonds is 11. The van der Waals surface area contributed by atoms with E-state index in [1.165, 1.54) is 5.56 Å². The molecule has 0 fully saturated rings. The molecule has 0 aromatic carbocycles. The Hall–Kier alpha value is -3.11. The van der Waals surface area contributed by atoms with Gasteiger partial charge in [0.25, 0.3) is 0 Å². The average molecular weight is 394 g/mol. The van der Waals surface area contributed by atoms with E-state index in [1.807, 2.05) is 35.2 Å². The van der Waals surface area contributed by atoms with Crippen molar-refractivity contribution >= 4 is 17.3 Å². The maximum absolute atomic E-state index is 5.55. The zero-order chi connectivity index (χ0) is 20.5. The van der Waals surface area contributed by atoms with Crippen LogP contribution in [0.3, 0.4) is 0 Å². The summed E-state index contributed by atoms with van der Waals surface area (Å²) >= 11 is 0. The Balaban J connectivity index is 1.73. The Morgan fingerprint density at radius 2 is 2.28 bits per heavy atom. The Bertz CT molecular complexity index is 947. The van der Waals surface area contributed by atoms with E-state index in [4.69, 9.17) is 16.1 Å². The molecule has 0 aliphatic rings. The molecule has 0 amide bonds. The van der Waals surface area contributed by atoms with Crippen molar-refractivity contribution in [3.63, 3.8) is 0 Å². The highest BCUT2D eigenvalue weighted by atomic mass is 16.5. The minimum absolute atomic E-state index is 0.616. The number of aromatic amines is 1. The van der Waals surface area contributed by atoms with Gasteiger partial charge in [-0.05, 0) is 18.9 Å². The van der Waals surface area contributed by atoms with Crippen LogP contribution in [0.15, 0.2) is 36.8 Å². The second kappa shape index (κ2) is 10.4. The van der Waals surface area contributed by atoms with E-state index in [2.05, 4.69) is 46.3 Å². The van der Waals surface area contributed by atoms with Crippen molar-refractivity contribution in [1.29, 1.82) is 0 Å². The Morgan fingerprint density at radius 1 is 1.38 bits per heavy atom. The number of nitrogens with zero attached hydrogens (tertiary/aromatic N) is 4. The summed E-state index contributed by atoms with van der Waals surface area (Å²) in [7, 11) is 2.05. The number of hydrogen-bond donors (Lipinski definition) is 1. The van der Waals surface area contributed by atoms with E-state index < -0.39 is 0 Å². The summed E-state index contributed by atoms with van der Waals surface area (Å²) in [5.41, 5.74) is 3.19. The molecule has 0 aliphatic heterocycles. The lowest BCUT2D eigenvalue weighted by Gasteiger charge is -2.20. The fourth-order valence-electron chi connectivity index (χ4n) is 3.05. The van der Waals surface area contributed by atoms with Crippen molar-refractivity contribution in [3.05, 3.63) is 47.9 Å². The Morgan fingerprint density at radius 3 is 3.03 bits per heavy atom. The van der Waals surface area contributed by atoms with E-state index in [-0.39, 0.29) is 0 Å². The number of aromatic nitrogens is 4. The maximum atomic E-state index is 5.55. The van der Waals surface area contributed by atoms with Crippen molar-refractivity contribution in [2.75, 3.05) is 37.0 Å². The van der Waals surface area contributed by atoms with Crippen LogP contribution in [0, 0.1) is 12.3 Å². The first kappa shape index (κ1) is 20.6. The van der Waals surface area contributed by atoms with Gasteiger partial charge in [-0.2, -0.15) is 9.61 Å². The minimum Gasteiger partial charge on any atom is -0.380 e. The van der Waals surface area contributed by atoms with E-state index in [1.54, 1.807) is 0 Å². The highest BCUT2D eigenvalue weighted by molar-refractivity contribution is 5.60. The summed E-state index contributed by atoms with van der Waals surface area (Å²) < 4.78 is 7.43. The van der Waals surface area contributed by atoms with E-state index >= 15 is 0 Å². The van der Waals surface area contributed by atoms with Crippen LogP contribution in [-0.2, 0) is 17.7 Å². The molecule has 0 aliphatic carbocycles. The molecule has 0 saturated heterocycles. The van der Waals surface area contributed by atoms with Crippen LogP contribution >= 0.6 is 0 Å². The normalized spacial score (nSPS) is 10.8. The van der Waals surface area contributed by atoms with Crippen molar-refractivity contribution in [2.24, 2.45) is 0 Å². The molecule has 7 nitrogen and oxygen atoms in total. The first-order valence-corrected chi connectivity index (χ1v) is 10.0. The van der Waals surface area contributed by atoms with E-state index in [0.717, 1.165) is 42.2 Å². The molecule has 3 rings (SSSR count). The van der Waals surface area contributed by atoms with Crippen LogP contribution in [0.4, 0.5) is 11.6 Å². The Labute approximate surface area is 172 Å². The fourth-order valence-corrected chi connectivity index (χ4v) is 3.05. The number of fused-ring (bicyclic) bond motifs is 1. The number of terminal acetylenes is 1. The smallest absolute Gasteiger partial charge is 0.171 e. The second-order valence-corrected chi connectivity index (χ2v) is 6.87. The molecule has 0 spiro atoms. The lowest BCUT2D eigenvalue weighted by molar-refractivity contribution is -0.378. The van der Waals surface area contributed by atoms with Crippen LogP contribution < -0.4 is 15.2 Å². The maximum Gasteiger partial charge on any atom is 0.171 e. The summed E-state index contributed by atoms with van der Waals surface area (Å²) in [5.74, 6) is 4.42. The van der Waals surface area contributed by atoms with Gasteiger partial charge in [0.15, 0.2) is 18.0 Å². The van der Waals surface area contributed by atoms with Crippen molar-refractivity contribution in [1.82, 2.24) is 14.6 Å². The molecule has 0 unspecified atom stereocenters. The van der Waals surface area contributed by atoms with Crippen LogP contribution in [0.2, 0.25) is 0 Å². The molecule has 3 heterocycles. The first-order valence-electron chi connectivity index (χ1n) is 10.0. The molecule has 2 N–H and O–H groups in total. The average Bonchev–Trinajstić information content (AvgIpc) is 3.18. The van der Waals surface area contributed by atoms with Gasteiger partial charge in [-0.15, -0.1) is 12.3 Å². The number of hydrogen-bond acceptors (Lipinski definition) is 5. The number of pyridine rings is 1. The number of ether oxygens (including phenoxy) is 1. The molecular weight excluding hydrogens is 364 g/mol. The zero-order valence-electron chi connectivity index (χ0n) is 17.2. The predicted molar refractivity (Wildman–Crippen MR) is 115 cm³/mol. The highest BCUT2D eigenvalue weighted by Crippen LogP contribution is 2.22. The van der Waals surface area contributed by atoms with Gasteiger partial charge in [0.1, 0.15) is 11.6 Å². The molecule has 7 heteroatoms. The molecule has 3 aromatic rings. The summed E-state index contributed by atoms with van der Waals surface area (Å²) in [5, 5.41) is 8.03. The van der Waals surface area contributed by atoms with Crippen LogP contribution in [0.1, 0.15) is 30.9 Å². The van der Waals surface area contributed by atoms with E-state index in [9.17, 15) is 0 Å². The third kappa shape index (κ3) is 5.46. The summed E-state index contributed by atoms with van der Waals surface area (Å²) in [4.78, 5) is 10.1. The molecular formula is C22H29N6O+. The number of H-pyrrole nitrogens is 1.